The van der Waals surface area contributed by atoms with Crippen LogP contribution in [0.25, 0.3) is 0 Å². The third-order valence-corrected chi connectivity index (χ3v) is 4.26. The Hall–Kier alpha value is -1.32. The standard InChI is InChI=1S/C16H18FNS/c1-12(19-15-10-8-14(17)9-11-15)16(18-2)13-6-4-3-5-7-13/h3-12,16,18H,1-2H3. The molecule has 2 aromatic carbocycles. The average molecular weight is 275 g/mol. The molecule has 19 heavy (non-hydrogen) atoms. The van der Waals surface area contributed by atoms with E-state index in [1.54, 1.807) is 11.8 Å². The van der Waals surface area contributed by atoms with Crippen LogP contribution in [0.2, 0.25) is 0 Å². The van der Waals surface area contributed by atoms with E-state index in [1.165, 1.54) is 17.7 Å². The fraction of sp³-hybridized carbons (Fsp3) is 0.250. The molecule has 0 spiro atoms. The summed E-state index contributed by atoms with van der Waals surface area (Å²) < 4.78 is 12.9. The average Bonchev–Trinajstić information content (AvgIpc) is 2.43. The first-order valence-electron chi connectivity index (χ1n) is 6.35. The summed E-state index contributed by atoms with van der Waals surface area (Å²) in [5, 5.41) is 3.71. The van der Waals surface area contributed by atoms with Crippen molar-refractivity contribution < 1.29 is 4.39 Å². The zero-order valence-corrected chi connectivity index (χ0v) is 12.0. The number of hydrogen-bond donors (Lipinski definition) is 1. The van der Waals surface area contributed by atoms with E-state index in [4.69, 9.17) is 0 Å². The van der Waals surface area contributed by atoms with Gasteiger partial charge in [0.1, 0.15) is 5.82 Å². The molecule has 3 heteroatoms. The van der Waals surface area contributed by atoms with E-state index >= 15 is 0 Å². The topological polar surface area (TPSA) is 12.0 Å². The second kappa shape index (κ2) is 6.73. The fourth-order valence-corrected chi connectivity index (χ4v) is 3.28. The summed E-state index contributed by atoms with van der Waals surface area (Å²) in [6.45, 7) is 2.18. The van der Waals surface area contributed by atoms with Crippen LogP contribution in [-0.4, -0.2) is 12.3 Å². The predicted molar refractivity (Wildman–Crippen MR) is 80.0 cm³/mol. The van der Waals surface area contributed by atoms with Crippen molar-refractivity contribution in [3.05, 3.63) is 66.0 Å². The maximum absolute atomic E-state index is 12.9. The molecular weight excluding hydrogens is 257 g/mol. The molecule has 0 aromatic heterocycles. The van der Waals surface area contributed by atoms with Crippen LogP contribution in [0.3, 0.4) is 0 Å². The first kappa shape index (κ1) is 14.1. The number of nitrogens with one attached hydrogen (secondary N) is 1. The zero-order valence-electron chi connectivity index (χ0n) is 11.1. The van der Waals surface area contributed by atoms with Crippen LogP contribution in [0.5, 0.6) is 0 Å². The van der Waals surface area contributed by atoms with Gasteiger partial charge in [-0.05, 0) is 36.9 Å². The monoisotopic (exact) mass is 275 g/mol. The van der Waals surface area contributed by atoms with Gasteiger partial charge in [-0.2, -0.15) is 0 Å². The Bertz CT molecular complexity index is 498. The van der Waals surface area contributed by atoms with Crippen molar-refractivity contribution in [2.75, 3.05) is 7.05 Å². The smallest absolute Gasteiger partial charge is 0.123 e. The highest BCUT2D eigenvalue weighted by Gasteiger charge is 2.18. The minimum absolute atomic E-state index is 0.190. The number of rotatable bonds is 5. The Labute approximate surface area is 118 Å². The van der Waals surface area contributed by atoms with E-state index in [0.717, 1.165) is 4.90 Å². The van der Waals surface area contributed by atoms with Gasteiger partial charge < -0.3 is 5.32 Å². The van der Waals surface area contributed by atoms with Gasteiger partial charge in [-0.1, -0.05) is 37.3 Å². The second-order valence-electron chi connectivity index (χ2n) is 4.45. The lowest BCUT2D eigenvalue weighted by Gasteiger charge is -2.23. The first-order valence-corrected chi connectivity index (χ1v) is 7.23. The van der Waals surface area contributed by atoms with Crippen LogP contribution < -0.4 is 5.32 Å². The van der Waals surface area contributed by atoms with Crippen LogP contribution in [0, 0.1) is 5.82 Å². The molecule has 0 saturated heterocycles. The van der Waals surface area contributed by atoms with Crippen molar-refractivity contribution in [2.45, 2.75) is 23.1 Å². The normalized spacial score (nSPS) is 14.1. The van der Waals surface area contributed by atoms with Gasteiger partial charge in [0.15, 0.2) is 0 Å². The van der Waals surface area contributed by atoms with E-state index in [2.05, 4.69) is 36.5 Å². The van der Waals surface area contributed by atoms with Crippen LogP contribution >= 0.6 is 11.8 Å². The quantitative estimate of drug-likeness (QED) is 0.818. The van der Waals surface area contributed by atoms with Crippen molar-refractivity contribution in [1.82, 2.24) is 5.32 Å². The Morgan fingerprint density at radius 2 is 1.63 bits per heavy atom. The Balaban J connectivity index is 2.09. The van der Waals surface area contributed by atoms with Gasteiger partial charge in [-0.15, -0.1) is 11.8 Å². The molecule has 0 bridgehead atoms. The number of benzene rings is 2. The van der Waals surface area contributed by atoms with Crippen molar-refractivity contribution in [2.24, 2.45) is 0 Å². The second-order valence-corrected chi connectivity index (χ2v) is 5.90. The summed E-state index contributed by atoms with van der Waals surface area (Å²) >= 11 is 1.75. The van der Waals surface area contributed by atoms with Gasteiger partial charge >= 0.3 is 0 Å². The maximum atomic E-state index is 12.9. The summed E-state index contributed by atoms with van der Waals surface area (Å²) in [6, 6.07) is 17.3. The molecule has 100 valence electrons. The van der Waals surface area contributed by atoms with Crippen molar-refractivity contribution >= 4 is 11.8 Å². The molecule has 2 unspecified atom stereocenters. The molecule has 0 radical (unpaired) electrons. The van der Waals surface area contributed by atoms with Gasteiger partial charge in [0.25, 0.3) is 0 Å². The van der Waals surface area contributed by atoms with E-state index in [-0.39, 0.29) is 11.9 Å². The molecule has 0 saturated carbocycles. The molecule has 2 rings (SSSR count). The third-order valence-electron chi connectivity index (χ3n) is 3.07. The van der Waals surface area contributed by atoms with Crippen LogP contribution in [0.15, 0.2) is 59.5 Å². The SMILES string of the molecule is CNC(c1ccccc1)C(C)Sc1ccc(F)cc1. The predicted octanol–water partition coefficient (Wildman–Crippen LogP) is 4.27. The summed E-state index contributed by atoms with van der Waals surface area (Å²) in [5.41, 5.74) is 1.27. The third kappa shape index (κ3) is 3.82. The number of hydrogen-bond acceptors (Lipinski definition) is 2. The summed E-state index contributed by atoms with van der Waals surface area (Å²) in [4.78, 5) is 1.09. The lowest BCUT2D eigenvalue weighted by molar-refractivity contribution is 0.589. The van der Waals surface area contributed by atoms with E-state index in [1.807, 2.05) is 25.2 Å². The highest BCUT2D eigenvalue weighted by molar-refractivity contribution is 8.00. The minimum Gasteiger partial charge on any atom is -0.312 e. The first-order chi connectivity index (χ1) is 9.20. The number of thioether (sulfide) groups is 1. The molecule has 2 aromatic rings. The van der Waals surface area contributed by atoms with Crippen LogP contribution in [0.4, 0.5) is 4.39 Å². The lowest BCUT2D eigenvalue weighted by Crippen LogP contribution is -2.25. The van der Waals surface area contributed by atoms with E-state index in [0.29, 0.717) is 5.25 Å². The zero-order chi connectivity index (χ0) is 13.7. The van der Waals surface area contributed by atoms with Gasteiger partial charge in [-0.3, -0.25) is 0 Å². The maximum Gasteiger partial charge on any atom is 0.123 e. The van der Waals surface area contributed by atoms with E-state index < -0.39 is 0 Å². The molecule has 1 N–H and O–H groups in total. The van der Waals surface area contributed by atoms with Crippen molar-refractivity contribution in [1.29, 1.82) is 0 Å². The fourth-order valence-electron chi connectivity index (χ4n) is 2.13. The van der Waals surface area contributed by atoms with Crippen molar-refractivity contribution in [3.63, 3.8) is 0 Å². The van der Waals surface area contributed by atoms with Gasteiger partial charge in [0, 0.05) is 16.2 Å². The highest BCUT2D eigenvalue weighted by Crippen LogP contribution is 2.31. The molecule has 0 aliphatic rings. The molecule has 0 aliphatic carbocycles. The molecule has 1 nitrogen and oxygen atoms in total. The van der Waals surface area contributed by atoms with Crippen molar-refractivity contribution in [3.8, 4) is 0 Å². The Morgan fingerprint density at radius 3 is 2.21 bits per heavy atom. The van der Waals surface area contributed by atoms with Crippen LogP contribution in [0.1, 0.15) is 18.5 Å². The Kier molecular flexibility index (Phi) is 5.00. The van der Waals surface area contributed by atoms with Gasteiger partial charge in [0.05, 0.1) is 0 Å². The molecule has 0 aliphatic heterocycles. The summed E-state index contributed by atoms with van der Waals surface area (Å²) in [6.07, 6.45) is 0. The molecule has 2 atom stereocenters. The van der Waals surface area contributed by atoms with Crippen LogP contribution in [-0.2, 0) is 0 Å². The number of halogens is 1. The molecule has 0 heterocycles. The highest BCUT2D eigenvalue weighted by atomic mass is 32.2. The molecule has 0 fully saturated rings. The minimum atomic E-state index is -0.190. The lowest BCUT2D eigenvalue weighted by atomic mass is 10.0. The van der Waals surface area contributed by atoms with E-state index in [9.17, 15) is 4.39 Å². The summed E-state index contributed by atoms with van der Waals surface area (Å²) in [7, 11) is 1.97. The molecule has 0 amide bonds. The Morgan fingerprint density at radius 1 is 1.00 bits per heavy atom. The largest absolute Gasteiger partial charge is 0.312 e. The van der Waals surface area contributed by atoms with Gasteiger partial charge in [-0.25, -0.2) is 4.39 Å². The van der Waals surface area contributed by atoms with Gasteiger partial charge in [0.2, 0.25) is 0 Å². The molecular formula is C16H18FNS. The summed E-state index contributed by atoms with van der Waals surface area (Å²) in [5.74, 6) is -0.190.